The summed E-state index contributed by atoms with van der Waals surface area (Å²) in [5, 5.41) is 13.0. The number of hydrogen-bond donors (Lipinski definition) is 3. The van der Waals surface area contributed by atoms with Gasteiger partial charge in [-0.2, -0.15) is 5.10 Å². The van der Waals surface area contributed by atoms with Crippen molar-refractivity contribution in [2.24, 2.45) is 0 Å². The van der Waals surface area contributed by atoms with Gasteiger partial charge >= 0.3 is 0 Å². The second kappa shape index (κ2) is 4.69. The van der Waals surface area contributed by atoms with Crippen LogP contribution < -0.4 is 10.6 Å². The summed E-state index contributed by atoms with van der Waals surface area (Å²) < 4.78 is 5.02. The molecule has 1 aromatic heterocycles. The number of aromatic nitrogens is 2. The second-order valence-electron chi connectivity index (χ2n) is 4.30. The van der Waals surface area contributed by atoms with Gasteiger partial charge in [0.15, 0.2) is 0 Å². The summed E-state index contributed by atoms with van der Waals surface area (Å²) >= 11 is 0. The first-order valence-electron chi connectivity index (χ1n) is 5.83. The number of carbonyl (C=O) groups is 2. The lowest BCUT2D eigenvalue weighted by atomic mass is 10.2. The van der Waals surface area contributed by atoms with Crippen molar-refractivity contribution in [3.8, 4) is 0 Å². The van der Waals surface area contributed by atoms with Crippen LogP contribution in [0.4, 0.5) is 5.69 Å². The van der Waals surface area contributed by atoms with Gasteiger partial charge in [-0.05, 0) is 18.2 Å². The molecule has 1 unspecified atom stereocenters. The molecule has 1 saturated heterocycles. The standard InChI is InChI=1S/C12H12N4O3/c17-11-6-19-5-10(15-11)12(18)14-8-2-1-7-4-13-16-9(7)3-8/h1-4,10H,5-6H2,(H,13,16)(H,14,18)(H,15,17). The molecule has 1 atom stereocenters. The topological polar surface area (TPSA) is 96.1 Å². The van der Waals surface area contributed by atoms with Crippen molar-refractivity contribution in [3.05, 3.63) is 24.4 Å². The highest BCUT2D eigenvalue weighted by Crippen LogP contribution is 2.16. The van der Waals surface area contributed by atoms with Gasteiger partial charge in [0.25, 0.3) is 0 Å². The van der Waals surface area contributed by atoms with Crippen molar-refractivity contribution in [2.45, 2.75) is 6.04 Å². The maximum absolute atomic E-state index is 12.0. The number of amides is 2. The van der Waals surface area contributed by atoms with Crippen molar-refractivity contribution >= 4 is 28.4 Å². The van der Waals surface area contributed by atoms with Crippen LogP contribution in [0.1, 0.15) is 0 Å². The quantitative estimate of drug-likeness (QED) is 0.709. The van der Waals surface area contributed by atoms with Crippen molar-refractivity contribution in [2.75, 3.05) is 18.5 Å². The highest BCUT2D eigenvalue weighted by atomic mass is 16.5. The van der Waals surface area contributed by atoms with Crippen LogP contribution in [0.25, 0.3) is 10.9 Å². The maximum Gasteiger partial charge on any atom is 0.249 e. The number of benzene rings is 1. The maximum atomic E-state index is 12.0. The highest BCUT2D eigenvalue weighted by molar-refractivity contribution is 5.99. The Morgan fingerprint density at radius 1 is 1.47 bits per heavy atom. The second-order valence-corrected chi connectivity index (χ2v) is 4.30. The normalized spacial score (nSPS) is 19.2. The summed E-state index contributed by atoms with van der Waals surface area (Å²) in [5.41, 5.74) is 1.48. The minimum absolute atomic E-state index is 0.00385. The zero-order valence-electron chi connectivity index (χ0n) is 9.97. The molecular weight excluding hydrogens is 248 g/mol. The number of carbonyl (C=O) groups excluding carboxylic acids is 2. The molecule has 2 aromatic rings. The van der Waals surface area contributed by atoms with E-state index in [1.807, 2.05) is 6.07 Å². The Labute approximate surface area is 108 Å². The van der Waals surface area contributed by atoms with Crippen LogP contribution in [0, 0.1) is 0 Å². The number of nitrogens with zero attached hydrogens (tertiary/aromatic N) is 1. The van der Waals surface area contributed by atoms with Crippen molar-refractivity contribution in [1.29, 1.82) is 0 Å². The lowest BCUT2D eigenvalue weighted by Gasteiger charge is -2.22. The molecule has 7 nitrogen and oxygen atoms in total. The molecule has 98 valence electrons. The molecule has 0 aliphatic carbocycles. The third-order valence-corrected chi connectivity index (χ3v) is 2.88. The monoisotopic (exact) mass is 260 g/mol. The van der Waals surface area contributed by atoms with Crippen LogP contribution in [-0.2, 0) is 14.3 Å². The van der Waals surface area contributed by atoms with Crippen LogP contribution in [0.5, 0.6) is 0 Å². The number of ether oxygens (including phenoxy) is 1. The van der Waals surface area contributed by atoms with Gasteiger partial charge in [-0.3, -0.25) is 14.7 Å². The molecule has 7 heteroatoms. The van der Waals surface area contributed by atoms with E-state index in [-0.39, 0.29) is 25.0 Å². The summed E-state index contributed by atoms with van der Waals surface area (Å²) in [6, 6.07) is 4.76. The van der Waals surface area contributed by atoms with Crippen LogP contribution in [0.2, 0.25) is 0 Å². The van der Waals surface area contributed by atoms with Crippen molar-refractivity contribution in [3.63, 3.8) is 0 Å². The minimum Gasteiger partial charge on any atom is -0.369 e. The number of anilines is 1. The number of H-pyrrole nitrogens is 1. The van der Waals surface area contributed by atoms with Crippen molar-refractivity contribution in [1.82, 2.24) is 15.5 Å². The van der Waals surface area contributed by atoms with Gasteiger partial charge in [0.1, 0.15) is 12.6 Å². The first kappa shape index (κ1) is 11.7. The molecule has 0 bridgehead atoms. The summed E-state index contributed by atoms with van der Waals surface area (Å²) in [7, 11) is 0. The van der Waals surface area contributed by atoms with Crippen LogP contribution in [0.3, 0.4) is 0 Å². The lowest BCUT2D eigenvalue weighted by Crippen LogP contribution is -2.51. The van der Waals surface area contributed by atoms with Crippen molar-refractivity contribution < 1.29 is 14.3 Å². The molecule has 0 spiro atoms. The number of morpholine rings is 1. The average molecular weight is 260 g/mol. The van der Waals surface area contributed by atoms with Gasteiger partial charge < -0.3 is 15.4 Å². The Bertz CT molecular complexity index is 637. The summed E-state index contributed by atoms with van der Waals surface area (Å²) in [6.45, 7) is 0.188. The Hall–Kier alpha value is -2.41. The SMILES string of the molecule is O=C1COCC(C(=O)Nc2ccc3cn[nH]c3c2)N1. The van der Waals surface area contributed by atoms with Gasteiger partial charge in [-0.1, -0.05) is 0 Å². The van der Waals surface area contributed by atoms with E-state index in [0.717, 1.165) is 10.9 Å². The first-order valence-corrected chi connectivity index (χ1v) is 5.83. The molecule has 0 saturated carbocycles. The molecule has 1 aromatic carbocycles. The van der Waals surface area contributed by atoms with Gasteiger partial charge in [-0.25, -0.2) is 0 Å². The third-order valence-electron chi connectivity index (χ3n) is 2.88. The predicted octanol–water partition coefficient (Wildman–Crippen LogP) is 0.0164. The number of fused-ring (bicyclic) bond motifs is 1. The van der Waals surface area contributed by atoms with Gasteiger partial charge in [-0.15, -0.1) is 0 Å². The summed E-state index contributed by atoms with van der Waals surface area (Å²) in [6.07, 6.45) is 1.70. The van der Waals surface area contributed by atoms with E-state index < -0.39 is 6.04 Å². The van der Waals surface area contributed by atoms with E-state index in [9.17, 15) is 9.59 Å². The zero-order chi connectivity index (χ0) is 13.2. The Kier molecular flexibility index (Phi) is 2.88. The molecule has 2 amide bonds. The van der Waals surface area contributed by atoms with Crippen LogP contribution in [0.15, 0.2) is 24.4 Å². The lowest BCUT2D eigenvalue weighted by molar-refractivity contribution is -0.136. The number of aromatic amines is 1. The average Bonchev–Trinajstić information content (AvgIpc) is 2.86. The molecule has 2 heterocycles. The Morgan fingerprint density at radius 2 is 2.37 bits per heavy atom. The summed E-state index contributed by atoms with van der Waals surface area (Å²) in [4.78, 5) is 23.1. The fourth-order valence-electron chi connectivity index (χ4n) is 1.93. The smallest absolute Gasteiger partial charge is 0.249 e. The van der Waals surface area contributed by atoms with Crippen LogP contribution in [-0.4, -0.2) is 41.3 Å². The summed E-state index contributed by atoms with van der Waals surface area (Å²) in [5.74, 6) is -0.581. The highest BCUT2D eigenvalue weighted by Gasteiger charge is 2.25. The Balaban J connectivity index is 1.72. The fourth-order valence-corrected chi connectivity index (χ4v) is 1.93. The molecule has 3 N–H and O–H groups in total. The van der Waals surface area contributed by atoms with E-state index in [1.54, 1.807) is 18.3 Å². The molecule has 0 radical (unpaired) electrons. The number of hydrogen-bond acceptors (Lipinski definition) is 4. The largest absolute Gasteiger partial charge is 0.369 e. The molecule has 1 aliphatic heterocycles. The minimum atomic E-state index is -0.654. The molecule has 1 fully saturated rings. The predicted molar refractivity (Wildman–Crippen MR) is 67.5 cm³/mol. The van der Waals surface area contributed by atoms with E-state index in [2.05, 4.69) is 20.8 Å². The molecular formula is C12H12N4O3. The fraction of sp³-hybridized carbons (Fsp3) is 0.250. The van der Waals surface area contributed by atoms with Gasteiger partial charge in [0.2, 0.25) is 11.8 Å². The number of nitrogens with one attached hydrogen (secondary N) is 3. The zero-order valence-corrected chi connectivity index (χ0v) is 9.97. The number of rotatable bonds is 2. The van der Waals surface area contributed by atoms with Gasteiger partial charge in [0, 0.05) is 11.1 Å². The third kappa shape index (κ3) is 2.41. The molecule has 19 heavy (non-hydrogen) atoms. The van der Waals surface area contributed by atoms with E-state index >= 15 is 0 Å². The van der Waals surface area contributed by atoms with E-state index in [0.29, 0.717) is 5.69 Å². The molecule has 1 aliphatic rings. The van der Waals surface area contributed by atoms with E-state index in [4.69, 9.17) is 4.74 Å². The van der Waals surface area contributed by atoms with Crippen LogP contribution >= 0.6 is 0 Å². The van der Waals surface area contributed by atoms with E-state index in [1.165, 1.54) is 0 Å². The molecule has 3 rings (SSSR count). The Morgan fingerprint density at radius 3 is 3.21 bits per heavy atom. The van der Waals surface area contributed by atoms with Gasteiger partial charge in [0.05, 0.1) is 18.3 Å². The first-order chi connectivity index (χ1) is 9.22.